The molecule has 1 unspecified atom stereocenters. The average Bonchev–Trinajstić information content (AvgIpc) is 0.758. The van der Waals surface area contributed by atoms with Crippen molar-refractivity contribution in [3.8, 4) is 55.9 Å². The monoisotopic (exact) mass is 1370 g/mol. The van der Waals surface area contributed by atoms with Gasteiger partial charge in [-0.1, -0.05) is 284 Å². The highest BCUT2D eigenvalue weighted by atomic mass is 15.2. The molecular formula is C101H93BN4. The van der Waals surface area contributed by atoms with Crippen molar-refractivity contribution in [2.45, 2.75) is 136 Å². The normalized spacial score (nSPS) is 16.4. The van der Waals surface area contributed by atoms with Crippen molar-refractivity contribution in [1.82, 2.24) is 9.13 Å². The van der Waals surface area contributed by atoms with Crippen molar-refractivity contribution < 1.29 is 0 Å². The first-order valence-corrected chi connectivity index (χ1v) is 38.8. The summed E-state index contributed by atoms with van der Waals surface area (Å²) in [5.74, 6) is 1.71. The van der Waals surface area contributed by atoms with Crippen LogP contribution >= 0.6 is 0 Å². The smallest absolute Gasteiger partial charge is 0.252 e. The lowest BCUT2D eigenvalue weighted by molar-refractivity contribution is 0.420. The van der Waals surface area contributed by atoms with Crippen LogP contribution in [0.2, 0.25) is 0 Å². The van der Waals surface area contributed by atoms with Crippen molar-refractivity contribution in [2.24, 2.45) is 11.8 Å². The standard InChI is InChI=1S/C101H93BN4/c1-98(2,3)70-41-49-87-81(57-70)82-58-71(99(4,5)6)42-50-88(82)103(87)74-45-47-85-91(61-74)105(96-76(64-27-17-13-18-28-64)35-25-36-77(96)65-29-19-14-20-30-65)93-55-69(80-54-63-39-40-68(80)53-63)56-94-95(93)102(85)86-48-46-75(104-89-51-43-72(100(7,8)9)59-83(89)84-60-73(101(10,11)12)44-52-90(84)104)62-92(86)106(94)97-78(66-31-21-15-22-32-66)37-26-38-79(97)67-33-23-16-24-34-67/h13-38,41-52,55-63,68,80H,39-40,53-54H2,1-12H3/t63-,68+,80?/m0/s1. The topological polar surface area (TPSA) is 16.3 Å². The van der Waals surface area contributed by atoms with Crippen LogP contribution in [0.5, 0.6) is 0 Å². The van der Waals surface area contributed by atoms with Gasteiger partial charge in [0.05, 0.1) is 33.4 Å². The Labute approximate surface area is 626 Å². The summed E-state index contributed by atoms with van der Waals surface area (Å²) >= 11 is 0. The van der Waals surface area contributed by atoms with Gasteiger partial charge >= 0.3 is 0 Å². The van der Waals surface area contributed by atoms with Gasteiger partial charge in [0.25, 0.3) is 6.71 Å². The van der Waals surface area contributed by atoms with Gasteiger partial charge in [-0.25, -0.2) is 0 Å². The average molecular weight is 1370 g/mol. The van der Waals surface area contributed by atoms with E-state index in [9.17, 15) is 0 Å². The number of hydrogen-bond donors (Lipinski definition) is 0. The molecule has 2 aliphatic carbocycles. The summed E-state index contributed by atoms with van der Waals surface area (Å²) in [6.07, 6.45) is 5.07. The Bertz CT molecular complexity index is 5420. The number of anilines is 6. The molecule has 4 nitrogen and oxygen atoms in total. The second-order valence-electron chi connectivity index (χ2n) is 35.3. The highest BCUT2D eigenvalue weighted by Crippen LogP contribution is 2.58. The maximum Gasteiger partial charge on any atom is 0.252 e. The van der Waals surface area contributed by atoms with Gasteiger partial charge < -0.3 is 18.9 Å². The molecule has 520 valence electrons. The number of aromatic nitrogens is 2. The number of fused-ring (bicyclic) bond motifs is 12. The number of nitrogens with zero attached hydrogens (tertiary/aromatic N) is 4. The molecular weight excluding hydrogens is 1280 g/mol. The molecule has 0 saturated heterocycles. The molecule has 2 aromatic heterocycles. The van der Waals surface area contributed by atoms with E-state index in [-0.39, 0.29) is 28.4 Å². The molecule has 4 aliphatic rings. The van der Waals surface area contributed by atoms with Gasteiger partial charge in [0, 0.05) is 77.9 Å². The van der Waals surface area contributed by atoms with Crippen LogP contribution in [0.25, 0.3) is 99.5 Å². The van der Waals surface area contributed by atoms with E-state index in [0.29, 0.717) is 11.8 Å². The third kappa shape index (κ3) is 10.7. The van der Waals surface area contributed by atoms with Gasteiger partial charge in [-0.2, -0.15) is 0 Å². The first-order valence-electron chi connectivity index (χ1n) is 38.8. The summed E-state index contributed by atoms with van der Waals surface area (Å²) < 4.78 is 5.18. The Hall–Kier alpha value is -10.9. The molecule has 2 aliphatic heterocycles. The van der Waals surface area contributed by atoms with Crippen molar-refractivity contribution in [2.75, 3.05) is 9.80 Å². The molecule has 2 fully saturated rings. The fourth-order valence-corrected chi connectivity index (χ4v) is 19.1. The lowest BCUT2D eigenvalue weighted by Gasteiger charge is -2.46. The Kier molecular flexibility index (Phi) is 15.1. The number of hydrogen-bond acceptors (Lipinski definition) is 2. The molecule has 0 amide bonds. The molecule has 13 aromatic carbocycles. The number of para-hydroxylation sites is 2. The van der Waals surface area contributed by atoms with Crippen molar-refractivity contribution in [3.05, 3.63) is 307 Å². The van der Waals surface area contributed by atoms with Gasteiger partial charge in [0.1, 0.15) is 0 Å². The minimum absolute atomic E-state index is 0.0442. The molecule has 4 heterocycles. The van der Waals surface area contributed by atoms with Crippen LogP contribution in [0.3, 0.4) is 0 Å². The van der Waals surface area contributed by atoms with E-state index in [2.05, 4.69) is 381 Å². The Morgan fingerprint density at radius 1 is 0.302 bits per heavy atom. The van der Waals surface area contributed by atoms with E-state index in [1.165, 1.54) is 192 Å². The van der Waals surface area contributed by atoms with E-state index >= 15 is 0 Å². The SMILES string of the molecule is CC(C)(C)c1ccc2c(c1)c1cc(C(C)(C)C)ccc1n2-c1ccc2c(c1)N(c1c(-c3ccccc3)cccc1-c1ccccc1)c1cc(C3C[C@H]4CC[C@@H]3C4)cc3c1B2c1ccc(-n2c4ccc(C(C)(C)C)cc4c4cc(C(C)(C)C)ccc42)cc1N3c1c(-c2ccccc2)cccc1-c1ccccc1. The zero-order chi connectivity index (χ0) is 72.4. The van der Waals surface area contributed by atoms with E-state index in [4.69, 9.17) is 0 Å². The molecule has 106 heavy (non-hydrogen) atoms. The molecule has 15 aromatic rings. The second-order valence-corrected chi connectivity index (χ2v) is 35.3. The van der Waals surface area contributed by atoms with Gasteiger partial charge in [0.2, 0.25) is 0 Å². The molecule has 0 spiro atoms. The zero-order valence-electron chi connectivity index (χ0n) is 63.5. The van der Waals surface area contributed by atoms with Crippen LogP contribution in [-0.2, 0) is 21.7 Å². The van der Waals surface area contributed by atoms with Gasteiger partial charge in [-0.15, -0.1) is 0 Å². The van der Waals surface area contributed by atoms with E-state index in [0.717, 1.165) is 17.3 Å². The van der Waals surface area contributed by atoms with Crippen molar-refractivity contribution in [1.29, 1.82) is 0 Å². The molecule has 0 N–H and O–H groups in total. The highest BCUT2D eigenvalue weighted by Gasteiger charge is 2.48. The Balaban J connectivity index is 0.974. The summed E-state index contributed by atoms with van der Waals surface area (Å²) in [5.41, 5.74) is 34.2. The largest absolute Gasteiger partial charge is 0.310 e. The molecule has 0 radical (unpaired) electrons. The van der Waals surface area contributed by atoms with E-state index in [1.54, 1.807) is 0 Å². The fraction of sp³-hybridized carbons (Fsp3) is 0.228. The fourth-order valence-electron chi connectivity index (χ4n) is 19.1. The van der Waals surface area contributed by atoms with Crippen LogP contribution < -0.4 is 26.2 Å². The highest BCUT2D eigenvalue weighted by molar-refractivity contribution is 7.00. The Morgan fingerprint density at radius 2 is 0.632 bits per heavy atom. The predicted octanol–water partition coefficient (Wildman–Crippen LogP) is 25.7. The lowest BCUT2D eigenvalue weighted by Crippen LogP contribution is -2.61. The molecule has 19 rings (SSSR count). The molecule has 2 bridgehead atoms. The minimum Gasteiger partial charge on any atom is -0.310 e. The Morgan fingerprint density at radius 3 is 0.925 bits per heavy atom. The number of rotatable bonds is 9. The molecule has 3 atom stereocenters. The summed E-state index contributed by atoms with van der Waals surface area (Å²) in [4.78, 5) is 5.57. The van der Waals surface area contributed by atoms with E-state index in [1.807, 2.05) is 0 Å². The third-order valence-corrected chi connectivity index (χ3v) is 24.6. The van der Waals surface area contributed by atoms with Crippen molar-refractivity contribution in [3.63, 3.8) is 0 Å². The van der Waals surface area contributed by atoms with Crippen LogP contribution in [0.15, 0.2) is 279 Å². The summed E-state index contributed by atoms with van der Waals surface area (Å²) in [7, 11) is 0. The summed E-state index contributed by atoms with van der Waals surface area (Å²) in [6, 6.07) is 109. The molecule has 5 heteroatoms. The second kappa shape index (κ2) is 24.3. The summed E-state index contributed by atoms with van der Waals surface area (Å²) in [5, 5.41) is 5.13. The van der Waals surface area contributed by atoms with Gasteiger partial charge in [-0.3, -0.25) is 0 Å². The molecule has 2 saturated carbocycles. The van der Waals surface area contributed by atoms with Crippen molar-refractivity contribution >= 4 is 101 Å². The third-order valence-electron chi connectivity index (χ3n) is 24.6. The maximum atomic E-state index is 2.79. The van der Waals surface area contributed by atoms with Crippen LogP contribution in [0.4, 0.5) is 34.1 Å². The van der Waals surface area contributed by atoms with Gasteiger partial charge in [0.15, 0.2) is 0 Å². The zero-order valence-corrected chi connectivity index (χ0v) is 63.5. The number of benzene rings is 13. The van der Waals surface area contributed by atoms with Gasteiger partial charge in [-0.05, 0) is 210 Å². The first-order chi connectivity index (χ1) is 51.1. The van der Waals surface area contributed by atoms with Crippen LogP contribution in [0, 0.1) is 11.8 Å². The first kappa shape index (κ1) is 65.9. The van der Waals surface area contributed by atoms with Crippen LogP contribution in [-0.4, -0.2) is 15.8 Å². The minimum atomic E-state index is -0.198. The predicted molar refractivity (Wildman–Crippen MR) is 454 cm³/mol. The van der Waals surface area contributed by atoms with Crippen LogP contribution in [0.1, 0.15) is 143 Å². The summed E-state index contributed by atoms with van der Waals surface area (Å²) in [6.45, 7) is 27.9. The maximum absolute atomic E-state index is 2.79. The quantitative estimate of drug-likeness (QED) is 0.134. The lowest BCUT2D eigenvalue weighted by atomic mass is 9.33. The van der Waals surface area contributed by atoms with E-state index < -0.39 is 0 Å².